The molecule has 0 radical (unpaired) electrons. The van der Waals surface area contributed by atoms with Crippen molar-refractivity contribution in [2.75, 3.05) is 19.8 Å². The summed E-state index contributed by atoms with van der Waals surface area (Å²) < 4.78 is 11.9. The maximum atomic E-state index is 12.6. The summed E-state index contributed by atoms with van der Waals surface area (Å²) in [6, 6.07) is 12.3. The van der Waals surface area contributed by atoms with Gasteiger partial charge in [0.1, 0.15) is 23.7 Å². The van der Waals surface area contributed by atoms with E-state index in [1.54, 1.807) is 48.7 Å². The Morgan fingerprint density at radius 3 is 2.50 bits per heavy atom. The van der Waals surface area contributed by atoms with E-state index in [2.05, 4.69) is 15.3 Å². The van der Waals surface area contributed by atoms with Crippen LogP contribution >= 0.6 is 0 Å². The molecule has 0 bridgehead atoms. The Bertz CT molecular complexity index is 1090. The van der Waals surface area contributed by atoms with E-state index in [4.69, 9.17) is 9.47 Å². The molecule has 9 heteroatoms. The van der Waals surface area contributed by atoms with Crippen LogP contribution < -0.4 is 26.0 Å². The van der Waals surface area contributed by atoms with Crippen molar-refractivity contribution in [2.24, 2.45) is 0 Å². The number of benzene rings is 1. The zero-order valence-corrected chi connectivity index (χ0v) is 16.5. The van der Waals surface area contributed by atoms with Gasteiger partial charge in [-0.3, -0.25) is 19.1 Å². The summed E-state index contributed by atoms with van der Waals surface area (Å²) in [6.45, 7) is 2.86. The van der Waals surface area contributed by atoms with Crippen molar-refractivity contribution in [3.05, 3.63) is 87.0 Å². The van der Waals surface area contributed by atoms with E-state index < -0.39 is 17.2 Å². The highest BCUT2D eigenvalue weighted by molar-refractivity contribution is 5.93. The number of nitrogens with zero attached hydrogens (tertiary/aromatic N) is 2. The van der Waals surface area contributed by atoms with Gasteiger partial charge in [0, 0.05) is 12.4 Å². The van der Waals surface area contributed by atoms with E-state index in [-0.39, 0.29) is 25.3 Å². The number of rotatable bonds is 9. The van der Waals surface area contributed by atoms with Gasteiger partial charge >= 0.3 is 5.69 Å². The molecular formula is C21H22N4O5. The molecule has 0 fully saturated rings. The SMILES string of the molecule is CCOc1ccc(OCCNC(=O)c2c[nH]c(=O)n(Cc3ccccn3)c2=O)cc1. The van der Waals surface area contributed by atoms with Crippen molar-refractivity contribution in [1.29, 1.82) is 0 Å². The maximum absolute atomic E-state index is 12.6. The molecule has 1 aromatic carbocycles. The number of pyridine rings is 1. The van der Waals surface area contributed by atoms with E-state index in [0.717, 1.165) is 16.5 Å². The lowest BCUT2D eigenvalue weighted by atomic mass is 10.3. The summed E-state index contributed by atoms with van der Waals surface area (Å²) in [5, 5.41) is 2.61. The normalized spacial score (nSPS) is 10.4. The minimum atomic E-state index is -0.686. The largest absolute Gasteiger partial charge is 0.494 e. The number of carbonyl (C=O) groups excluding carboxylic acids is 1. The summed E-state index contributed by atoms with van der Waals surface area (Å²) in [5.41, 5.74) is -0.923. The lowest BCUT2D eigenvalue weighted by Crippen LogP contribution is -2.41. The van der Waals surface area contributed by atoms with Crippen molar-refractivity contribution in [3.8, 4) is 11.5 Å². The number of ether oxygens (including phenoxy) is 2. The number of hydrogen-bond donors (Lipinski definition) is 2. The Labute approximate surface area is 172 Å². The number of carbonyl (C=O) groups is 1. The molecule has 0 aliphatic rings. The van der Waals surface area contributed by atoms with Gasteiger partial charge in [0.05, 0.1) is 25.4 Å². The first-order chi connectivity index (χ1) is 14.6. The second-order valence-corrected chi connectivity index (χ2v) is 6.23. The van der Waals surface area contributed by atoms with Crippen molar-refractivity contribution >= 4 is 5.91 Å². The van der Waals surface area contributed by atoms with Gasteiger partial charge in [0.25, 0.3) is 11.5 Å². The molecule has 3 rings (SSSR count). The molecule has 0 saturated carbocycles. The summed E-state index contributed by atoms with van der Waals surface area (Å²) in [6.07, 6.45) is 2.68. The third-order valence-corrected chi connectivity index (χ3v) is 4.14. The molecule has 30 heavy (non-hydrogen) atoms. The maximum Gasteiger partial charge on any atom is 0.328 e. The van der Waals surface area contributed by atoms with E-state index >= 15 is 0 Å². The smallest absolute Gasteiger partial charge is 0.328 e. The molecule has 1 amide bonds. The Morgan fingerprint density at radius 2 is 1.83 bits per heavy atom. The lowest BCUT2D eigenvalue weighted by Gasteiger charge is -2.09. The highest BCUT2D eigenvalue weighted by Crippen LogP contribution is 2.17. The van der Waals surface area contributed by atoms with E-state index in [1.165, 1.54) is 0 Å². The van der Waals surface area contributed by atoms with Gasteiger partial charge in [-0.2, -0.15) is 0 Å². The topological polar surface area (TPSA) is 115 Å². The summed E-state index contributed by atoms with van der Waals surface area (Å²) in [4.78, 5) is 43.5. The third kappa shape index (κ3) is 5.34. The van der Waals surface area contributed by atoms with Gasteiger partial charge < -0.3 is 19.8 Å². The van der Waals surface area contributed by atoms with Crippen molar-refractivity contribution in [1.82, 2.24) is 19.9 Å². The average molecular weight is 410 g/mol. The van der Waals surface area contributed by atoms with Crippen molar-refractivity contribution in [2.45, 2.75) is 13.5 Å². The second kappa shape index (κ2) is 10.1. The van der Waals surface area contributed by atoms with Crippen LogP contribution in [0.5, 0.6) is 11.5 Å². The van der Waals surface area contributed by atoms with Gasteiger partial charge in [0.15, 0.2) is 0 Å². The molecular weight excluding hydrogens is 388 g/mol. The molecule has 9 nitrogen and oxygen atoms in total. The zero-order valence-electron chi connectivity index (χ0n) is 16.5. The zero-order chi connectivity index (χ0) is 21.3. The number of hydrogen-bond acceptors (Lipinski definition) is 6. The van der Waals surface area contributed by atoms with Crippen LogP contribution in [0.4, 0.5) is 0 Å². The van der Waals surface area contributed by atoms with Crippen LogP contribution in [0.1, 0.15) is 23.0 Å². The molecule has 2 N–H and O–H groups in total. The van der Waals surface area contributed by atoms with Crippen LogP contribution in [0, 0.1) is 0 Å². The Morgan fingerprint density at radius 1 is 1.10 bits per heavy atom. The highest BCUT2D eigenvalue weighted by atomic mass is 16.5. The minimum Gasteiger partial charge on any atom is -0.494 e. The molecule has 2 aromatic heterocycles. The lowest BCUT2D eigenvalue weighted by molar-refractivity contribution is 0.0944. The van der Waals surface area contributed by atoms with Crippen LogP contribution in [0.2, 0.25) is 0 Å². The molecule has 156 valence electrons. The number of aromatic nitrogens is 3. The van der Waals surface area contributed by atoms with Crippen LogP contribution in [0.3, 0.4) is 0 Å². The van der Waals surface area contributed by atoms with Gasteiger partial charge in [-0.1, -0.05) is 6.07 Å². The fourth-order valence-corrected chi connectivity index (χ4v) is 2.70. The third-order valence-electron chi connectivity index (χ3n) is 4.14. The Balaban J connectivity index is 1.58. The summed E-state index contributed by atoms with van der Waals surface area (Å²) in [5.74, 6) is 0.786. The van der Waals surface area contributed by atoms with E-state index in [9.17, 15) is 14.4 Å². The second-order valence-electron chi connectivity index (χ2n) is 6.23. The first-order valence-corrected chi connectivity index (χ1v) is 9.44. The van der Waals surface area contributed by atoms with Crippen LogP contribution in [0.15, 0.2) is 64.4 Å². The summed E-state index contributed by atoms with van der Waals surface area (Å²) >= 11 is 0. The van der Waals surface area contributed by atoms with Crippen LogP contribution in [0.25, 0.3) is 0 Å². The number of amides is 1. The van der Waals surface area contributed by atoms with Gasteiger partial charge in [0.2, 0.25) is 0 Å². The van der Waals surface area contributed by atoms with Gasteiger partial charge in [-0.05, 0) is 43.3 Å². The molecule has 0 saturated heterocycles. The minimum absolute atomic E-state index is 0.0308. The molecule has 0 atom stereocenters. The van der Waals surface area contributed by atoms with Crippen molar-refractivity contribution in [3.63, 3.8) is 0 Å². The molecule has 0 spiro atoms. The Kier molecular flexibility index (Phi) is 6.99. The van der Waals surface area contributed by atoms with E-state index in [0.29, 0.717) is 18.1 Å². The molecule has 0 aliphatic carbocycles. The Hall–Kier alpha value is -3.88. The summed E-state index contributed by atoms with van der Waals surface area (Å²) in [7, 11) is 0. The fourth-order valence-electron chi connectivity index (χ4n) is 2.70. The number of H-pyrrole nitrogens is 1. The number of aromatic amines is 1. The molecule has 0 unspecified atom stereocenters. The standard InChI is InChI=1S/C21H22N4O5/c1-2-29-16-6-8-17(9-7-16)30-12-11-23-19(26)18-13-24-21(28)25(20(18)27)14-15-5-3-4-10-22-15/h3-10,13H,2,11-12,14H2,1H3,(H,23,26)(H,24,28). The predicted molar refractivity (Wildman–Crippen MR) is 110 cm³/mol. The first kappa shape index (κ1) is 20.8. The monoisotopic (exact) mass is 410 g/mol. The number of nitrogens with one attached hydrogen (secondary N) is 2. The molecule has 3 aromatic rings. The highest BCUT2D eigenvalue weighted by Gasteiger charge is 2.15. The first-order valence-electron chi connectivity index (χ1n) is 9.44. The molecule has 2 heterocycles. The predicted octanol–water partition coefficient (Wildman–Crippen LogP) is 1.19. The van der Waals surface area contributed by atoms with Crippen molar-refractivity contribution < 1.29 is 14.3 Å². The van der Waals surface area contributed by atoms with Gasteiger partial charge in [-0.15, -0.1) is 0 Å². The molecule has 0 aliphatic heterocycles. The van der Waals surface area contributed by atoms with Crippen LogP contribution in [-0.4, -0.2) is 40.2 Å². The van der Waals surface area contributed by atoms with E-state index in [1.807, 2.05) is 6.92 Å². The average Bonchev–Trinajstić information content (AvgIpc) is 2.76. The van der Waals surface area contributed by atoms with Crippen LogP contribution in [-0.2, 0) is 6.54 Å². The van der Waals surface area contributed by atoms with Gasteiger partial charge in [-0.25, -0.2) is 4.79 Å². The quantitative estimate of drug-likeness (QED) is 0.512. The fraction of sp³-hybridized carbons (Fsp3) is 0.238.